The zero-order valence-electron chi connectivity index (χ0n) is 28.4. The summed E-state index contributed by atoms with van der Waals surface area (Å²) in [4.78, 5) is 0. The molecule has 0 radical (unpaired) electrons. The first-order valence-electron chi connectivity index (χ1n) is 16.7. The third kappa shape index (κ3) is 5.41. The topological polar surface area (TPSA) is 0 Å². The average molecular weight is 599 g/mol. The molecule has 46 heavy (non-hydrogen) atoms. The van der Waals surface area contributed by atoms with E-state index in [4.69, 9.17) is 0 Å². The molecule has 6 rings (SSSR count). The predicted octanol–water partition coefficient (Wildman–Crippen LogP) is 12.6. The van der Waals surface area contributed by atoms with Crippen LogP contribution in [0.5, 0.6) is 0 Å². The van der Waals surface area contributed by atoms with Crippen LogP contribution < -0.4 is 0 Å². The Morgan fingerprint density at radius 3 is 2.26 bits per heavy atom. The van der Waals surface area contributed by atoms with Gasteiger partial charge in [-0.25, -0.2) is 0 Å². The predicted molar refractivity (Wildman–Crippen MR) is 202 cm³/mol. The van der Waals surface area contributed by atoms with Crippen molar-refractivity contribution in [3.63, 3.8) is 0 Å². The summed E-state index contributed by atoms with van der Waals surface area (Å²) in [5, 5.41) is 0. The Hall–Kier alpha value is -4.68. The summed E-state index contributed by atoms with van der Waals surface area (Å²) < 4.78 is 0. The van der Waals surface area contributed by atoms with Crippen molar-refractivity contribution in [1.29, 1.82) is 0 Å². The van der Waals surface area contributed by atoms with Gasteiger partial charge in [-0.15, -0.1) is 0 Å². The van der Waals surface area contributed by atoms with Gasteiger partial charge in [-0.1, -0.05) is 124 Å². The van der Waals surface area contributed by atoms with Gasteiger partial charge < -0.3 is 0 Å². The average Bonchev–Trinajstić information content (AvgIpc) is 3.29. The molecule has 0 aliphatic heterocycles. The summed E-state index contributed by atoms with van der Waals surface area (Å²) in [6.07, 6.45) is 20.1. The number of hydrogen-bond acceptors (Lipinski definition) is 0. The minimum atomic E-state index is -0.0456. The van der Waals surface area contributed by atoms with Crippen molar-refractivity contribution in [3.05, 3.63) is 172 Å². The van der Waals surface area contributed by atoms with Gasteiger partial charge in [-0.05, 0) is 148 Å². The van der Waals surface area contributed by atoms with Gasteiger partial charge in [0.25, 0.3) is 0 Å². The molecule has 0 unspecified atom stereocenters. The second-order valence-electron chi connectivity index (χ2n) is 13.3. The van der Waals surface area contributed by atoms with Crippen molar-refractivity contribution in [1.82, 2.24) is 0 Å². The Morgan fingerprint density at radius 2 is 1.52 bits per heavy atom. The van der Waals surface area contributed by atoms with Gasteiger partial charge in [0.2, 0.25) is 0 Å². The van der Waals surface area contributed by atoms with Crippen LogP contribution in [0.4, 0.5) is 0 Å². The summed E-state index contributed by atoms with van der Waals surface area (Å²) in [6, 6.07) is 23.5. The minimum absolute atomic E-state index is 0.0456. The van der Waals surface area contributed by atoms with Crippen LogP contribution >= 0.6 is 0 Å². The Balaban J connectivity index is 1.47. The van der Waals surface area contributed by atoms with Crippen molar-refractivity contribution in [2.45, 2.75) is 66.2 Å². The van der Waals surface area contributed by atoms with Crippen molar-refractivity contribution < 1.29 is 0 Å². The normalized spacial score (nSPS) is 15.1. The molecule has 0 saturated carbocycles. The maximum absolute atomic E-state index is 4.10. The van der Waals surface area contributed by atoms with Gasteiger partial charge in [-0.3, -0.25) is 0 Å². The molecule has 230 valence electrons. The molecule has 0 heteroatoms. The first-order valence-corrected chi connectivity index (χ1v) is 16.7. The van der Waals surface area contributed by atoms with Gasteiger partial charge >= 0.3 is 0 Å². The lowest BCUT2D eigenvalue weighted by atomic mass is 9.79. The number of allylic oxidation sites excluding steroid dienone is 9. The lowest BCUT2D eigenvalue weighted by molar-refractivity contribution is 0.658. The molecule has 0 N–H and O–H groups in total. The van der Waals surface area contributed by atoms with E-state index in [2.05, 4.69) is 146 Å². The highest BCUT2D eigenvalue weighted by molar-refractivity contribution is 5.90. The van der Waals surface area contributed by atoms with Crippen LogP contribution in [0.3, 0.4) is 0 Å². The van der Waals surface area contributed by atoms with Crippen LogP contribution in [0.2, 0.25) is 0 Å². The fourth-order valence-corrected chi connectivity index (χ4v) is 7.60. The summed E-state index contributed by atoms with van der Waals surface area (Å²) in [5.41, 5.74) is 21.3. The SMILES string of the molecule is C=C/C=C\C(=C/C)c1ccc(C)c(-c2cc(/C(C=C)=C/C)ccc2Cc2ccc3c(c2)C(C)(C)c2cc(C)c4c(c2-3)C=CCC4)c1. The molecule has 2 aliphatic carbocycles. The van der Waals surface area contributed by atoms with Crippen LogP contribution in [0.15, 0.2) is 116 Å². The van der Waals surface area contributed by atoms with E-state index in [9.17, 15) is 0 Å². The fraction of sp³-hybridized carbons (Fsp3) is 0.217. The van der Waals surface area contributed by atoms with Crippen LogP contribution in [0.1, 0.15) is 89.8 Å². The first-order chi connectivity index (χ1) is 22.2. The number of benzene rings is 4. The van der Waals surface area contributed by atoms with Gasteiger partial charge in [0, 0.05) is 5.41 Å². The summed E-state index contributed by atoms with van der Waals surface area (Å²) in [6.45, 7) is 21.5. The van der Waals surface area contributed by atoms with E-state index in [0.29, 0.717) is 0 Å². The van der Waals surface area contributed by atoms with E-state index in [1.807, 2.05) is 18.2 Å². The number of aryl methyl sites for hydroxylation is 2. The molecule has 0 amide bonds. The van der Waals surface area contributed by atoms with Gasteiger partial charge in [0.05, 0.1) is 0 Å². The van der Waals surface area contributed by atoms with E-state index in [0.717, 1.165) is 24.8 Å². The number of rotatable bonds is 8. The largest absolute Gasteiger partial charge is 0.0991 e. The van der Waals surface area contributed by atoms with Gasteiger partial charge in [0.15, 0.2) is 0 Å². The number of hydrogen-bond donors (Lipinski definition) is 0. The molecule has 0 saturated heterocycles. The fourth-order valence-electron chi connectivity index (χ4n) is 7.60. The lowest BCUT2D eigenvalue weighted by Gasteiger charge is -2.24. The summed E-state index contributed by atoms with van der Waals surface area (Å²) >= 11 is 0. The zero-order chi connectivity index (χ0) is 32.6. The summed E-state index contributed by atoms with van der Waals surface area (Å²) in [7, 11) is 0. The molecule has 0 fully saturated rings. The molecule has 0 spiro atoms. The monoisotopic (exact) mass is 598 g/mol. The maximum Gasteiger partial charge on any atom is 0.0159 e. The van der Waals surface area contributed by atoms with E-state index >= 15 is 0 Å². The Kier molecular flexibility index (Phi) is 8.58. The highest BCUT2D eigenvalue weighted by Crippen LogP contribution is 2.52. The quantitative estimate of drug-likeness (QED) is 0.177. The van der Waals surface area contributed by atoms with Gasteiger partial charge in [0.1, 0.15) is 0 Å². The Labute approximate surface area is 276 Å². The van der Waals surface area contributed by atoms with Crippen molar-refractivity contribution >= 4 is 17.2 Å². The summed E-state index contributed by atoms with van der Waals surface area (Å²) in [5.74, 6) is 0. The molecule has 0 nitrogen and oxygen atoms in total. The van der Waals surface area contributed by atoms with Crippen LogP contribution in [-0.4, -0.2) is 0 Å². The van der Waals surface area contributed by atoms with Crippen LogP contribution in [-0.2, 0) is 18.3 Å². The molecule has 4 aromatic carbocycles. The van der Waals surface area contributed by atoms with E-state index in [1.165, 1.54) is 83.5 Å². The molecule has 0 atom stereocenters. The van der Waals surface area contributed by atoms with E-state index in [1.54, 1.807) is 0 Å². The third-order valence-corrected chi connectivity index (χ3v) is 10.2. The van der Waals surface area contributed by atoms with Crippen LogP contribution in [0.25, 0.3) is 39.5 Å². The molecule has 0 aromatic heterocycles. The maximum atomic E-state index is 4.10. The van der Waals surface area contributed by atoms with E-state index < -0.39 is 0 Å². The standard InChI is InChI=1S/C46H46/c1-9-13-16-34(12-4)36-21-19-30(5)41(28-36)42-29-35(33(10-2)11-3)22-23-37(42)26-32-20-24-40-43(27-32)46(7,8)44-25-31(6)38-17-14-15-18-39(38)45(40)44/h9-13,15-16,18-25,27-29H,1-2,14,17,26H2,3-8H3/b16-13-,33-11+,34-12+. The Morgan fingerprint density at radius 1 is 0.783 bits per heavy atom. The second-order valence-corrected chi connectivity index (χ2v) is 13.3. The first kappa shape index (κ1) is 31.3. The molecular formula is C46H46. The molecular weight excluding hydrogens is 553 g/mol. The molecule has 0 bridgehead atoms. The van der Waals surface area contributed by atoms with Crippen molar-refractivity contribution in [2.24, 2.45) is 0 Å². The number of fused-ring (bicyclic) bond motifs is 5. The molecule has 0 heterocycles. The highest BCUT2D eigenvalue weighted by atomic mass is 14.4. The van der Waals surface area contributed by atoms with Crippen molar-refractivity contribution in [3.8, 4) is 22.3 Å². The smallest absolute Gasteiger partial charge is 0.0159 e. The van der Waals surface area contributed by atoms with Crippen LogP contribution in [0, 0.1) is 13.8 Å². The zero-order valence-corrected chi connectivity index (χ0v) is 28.4. The van der Waals surface area contributed by atoms with Gasteiger partial charge in [-0.2, -0.15) is 0 Å². The second kappa shape index (κ2) is 12.6. The Bertz CT molecular complexity index is 2000. The van der Waals surface area contributed by atoms with Crippen molar-refractivity contribution in [2.75, 3.05) is 0 Å². The molecule has 2 aliphatic rings. The van der Waals surface area contributed by atoms with E-state index in [-0.39, 0.29) is 5.41 Å². The lowest BCUT2D eigenvalue weighted by Crippen LogP contribution is -2.16. The third-order valence-electron chi connectivity index (χ3n) is 10.2. The minimum Gasteiger partial charge on any atom is -0.0991 e. The molecule has 4 aromatic rings. The highest BCUT2D eigenvalue weighted by Gasteiger charge is 2.38.